The van der Waals surface area contributed by atoms with Crippen LogP contribution in [0.4, 0.5) is 13.2 Å². The Labute approximate surface area is 127 Å². The molecule has 0 unspecified atom stereocenters. The number of rotatable bonds is 3. The van der Waals surface area contributed by atoms with E-state index in [1.165, 1.54) is 12.1 Å². The zero-order chi connectivity index (χ0) is 14.8. The molecule has 0 atom stereocenters. The van der Waals surface area contributed by atoms with Crippen molar-refractivity contribution in [3.63, 3.8) is 0 Å². The monoisotopic (exact) mass is 322 g/mol. The first kappa shape index (κ1) is 17.8. The highest BCUT2D eigenvalue weighted by Crippen LogP contribution is 2.31. The number of hydrogen-bond acceptors (Lipinski definition) is 2. The normalized spacial score (nSPS) is 17.1. The van der Waals surface area contributed by atoms with Gasteiger partial charge in [0, 0.05) is 12.1 Å². The second-order valence-electron chi connectivity index (χ2n) is 5.22. The lowest BCUT2D eigenvalue weighted by atomic mass is 9.97. The Kier molecular flexibility index (Phi) is 5.64. The number of alkyl halides is 3. The van der Waals surface area contributed by atoms with Gasteiger partial charge in [-0.1, -0.05) is 18.9 Å². The maximum absolute atomic E-state index is 12.6. The highest BCUT2D eigenvalue weighted by atomic mass is 35.5. The van der Waals surface area contributed by atoms with Crippen molar-refractivity contribution in [2.75, 3.05) is 6.54 Å². The van der Waals surface area contributed by atoms with E-state index >= 15 is 0 Å². The number of carbonyl (C=O) groups excluding carboxylic acids is 1. The van der Waals surface area contributed by atoms with Gasteiger partial charge in [0.25, 0.3) is 5.91 Å². The summed E-state index contributed by atoms with van der Waals surface area (Å²) in [4.78, 5) is 12.1. The molecule has 3 nitrogen and oxygen atoms in total. The van der Waals surface area contributed by atoms with Gasteiger partial charge < -0.3 is 11.1 Å². The van der Waals surface area contributed by atoms with E-state index in [1.807, 2.05) is 0 Å². The van der Waals surface area contributed by atoms with Crippen LogP contribution in [0, 0.1) is 0 Å². The van der Waals surface area contributed by atoms with Gasteiger partial charge in [-0.15, -0.1) is 12.4 Å². The number of nitrogens with one attached hydrogen (secondary N) is 1. The summed E-state index contributed by atoms with van der Waals surface area (Å²) in [5.74, 6) is -0.497. The number of amides is 1. The quantitative estimate of drug-likeness (QED) is 0.898. The van der Waals surface area contributed by atoms with Gasteiger partial charge in [-0.05, 0) is 31.0 Å². The average Bonchev–Trinajstić information content (AvgIpc) is 2.87. The first-order valence-electron chi connectivity index (χ1n) is 6.56. The van der Waals surface area contributed by atoms with Crippen LogP contribution >= 0.6 is 12.4 Å². The lowest BCUT2D eigenvalue weighted by Crippen LogP contribution is -2.51. The molecule has 1 aromatic rings. The summed E-state index contributed by atoms with van der Waals surface area (Å²) in [6, 6.07) is 4.44. The largest absolute Gasteiger partial charge is 0.416 e. The van der Waals surface area contributed by atoms with Gasteiger partial charge in [0.05, 0.1) is 11.1 Å². The number of halogens is 4. The smallest absolute Gasteiger partial charge is 0.345 e. The first-order chi connectivity index (χ1) is 9.36. The molecule has 0 heterocycles. The molecule has 0 bridgehead atoms. The van der Waals surface area contributed by atoms with Gasteiger partial charge in [-0.3, -0.25) is 4.79 Å². The van der Waals surface area contributed by atoms with Gasteiger partial charge in [0.2, 0.25) is 0 Å². The molecule has 0 radical (unpaired) electrons. The number of benzene rings is 1. The summed E-state index contributed by atoms with van der Waals surface area (Å²) >= 11 is 0. The highest BCUT2D eigenvalue weighted by molar-refractivity contribution is 5.95. The molecule has 1 aromatic carbocycles. The second kappa shape index (κ2) is 6.66. The van der Waals surface area contributed by atoms with Gasteiger partial charge in [0.15, 0.2) is 0 Å². The van der Waals surface area contributed by atoms with E-state index in [0.717, 1.165) is 37.8 Å². The fourth-order valence-electron chi connectivity index (χ4n) is 2.58. The Balaban J connectivity index is 0.00000220. The predicted molar refractivity (Wildman–Crippen MR) is 76.4 cm³/mol. The minimum atomic E-state index is -4.45. The molecule has 3 N–H and O–H groups in total. The van der Waals surface area contributed by atoms with Crippen molar-refractivity contribution in [3.05, 3.63) is 35.4 Å². The summed E-state index contributed by atoms with van der Waals surface area (Å²) in [6.45, 7) is 0.303. The van der Waals surface area contributed by atoms with Crippen LogP contribution in [0.15, 0.2) is 24.3 Å². The number of hydrogen-bond donors (Lipinski definition) is 2. The molecule has 1 aliphatic carbocycles. The van der Waals surface area contributed by atoms with Gasteiger partial charge >= 0.3 is 6.18 Å². The van der Waals surface area contributed by atoms with Crippen LogP contribution in [0.3, 0.4) is 0 Å². The summed E-state index contributed by atoms with van der Waals surface area (Å²) in [6.07, 6.45) is -0.961. The fraction of sp³-hybridized carbons (Fsp3) is 0.500. The molecular weight excluding hydrogens is 305 g/mol. The molecule has 2 rings (SSSR count). The molecule has 7 heteroatoms. The Morgan fingerprint density at radius 2 is 1.90 bits per heavy atom. The zero-order valence-electron chi connectivity index (χ0n) is 11.4. The highest BCUT2D eigenvalue weighted by Gasteiger charge is 2.35. The molecule has 0 aliphatic heterocycles. The topological polar surface area (TPSA) is 55.1 Å². The van der Waals surface area contributed by atoms with E-state index in [0.29, 0.717) is 6.54 Å². The number of carbonyl (C=O) groups is 1. The van der Waals surface area contributed by atoms with Gasteiger partial charge in [-0.2, -0.15) is 13.2 Å². The van der Waals surface area contributed by atoms with Crippen molar-refractivity contribution < 1.29 is 18.0 Å². The third-order valence-corrected chi connectivity index (χ3v) is 3.78. The second-order valence-corrected chi connectivity index (χ2v) is 5.22. The van der Waals surface area contributed by atoms with E-state index in [-0.39, 0.29) is 18.0 Å². The number of nitrogens with two attached hydrogens (primary N) is 1. The maximum atomic E-state index is 12.6. The van der Waals surface area contributed by atoms with Gasteiger partial charge in [0.1, 0.15) is 0 Å². The van der Waals surface area contributed by atoms with Crippen molar-refractivity contribution >= 4 is 18.3 Å². The SMILES string of the molecule is Cl.NCC1(NC(=O)c2cccc(C(F)(F)F)c2)CCCC1. The van der Waals surface area contributed by atoms with Crippen molar-refractivity contribution in [2.24, 2.45) is 5.73 Å². The van der Waals surface area contributed by atoms with Crippen LogP contribution in [-0.2, 0) is 6.18 Å². The van der Waals surface area contributed by atoms with Gasteiger partial charge in [-0.25, -0.2) is 0 Å². The molecule has 21 heavy (non-hydrogen) atoms. The molecule has 1 saturated carbocycles. The van der Waals surface area contributed by atoms with Crippen LogP contribution in [0.1, 0.15) is 41.6 Å². The van der Waals surface area contributed by atoms with Crippen molar-refractivity contribution in [1.29, 1.82) is 0 Å². The maximum Gasteiger partial charge on any atom is 0.416 e. The molecule has 1 aliphatic rings. The summed E-state index contributed by atoms with van der Waals surface area (Å²) in [5.41, 5.74) is 4.43. The third-order valence-electron chi connectivity index (χ3n) is 3.78. The minimum Gasteiger partial charge on any atom is -0.345 e. The van der Waals surface area contributed by atoms with Crippen LogP contribution in [0.25, 0.3) is 0 Å². The van der Waals surface area contributed by atoms with E-state index in [4.69, 9.17) is 5.73 Å². The average molecular weight is 323 g/mol. The van der Waals surface area contributed by atoms with Crippen molar-refractivity contribution in [3.8, 4) is 0 Å². The lowest BCUT2D eigenvalue weighted by molar-refractivity contribution is -0.137. The Morgan fingerprint density at radius 1 is 1.29 bits per heavy atom. The van der Waals surface area contributed by atoms with E-state index in [9.17, 15) is 18.0 Å². The Morgan fingerprint density at radius 3 is 2.43 bits per heavy atom. The molecule has 0 spiro atoms. The van der Waals surface area contributed by atoms with Crippen molar-refractivity contribution in [1.82, 2.24) is 5.32 Å². The summed E-state index contributed by atoms with van der Waals surface area (Å²) in [7, 11) is 0. The molecular formula is C14H18ClF3N2O. The molecule has 0 aromatic heterocycles. The van der Waals surface area contributed by atoms with E-state index in [1.54, 1.807) is 0 Å². The Bertz CT molecular complexity index is 499. The lowest BCUT2D eigenvalue weighted by Gasteiger charge is -2.28. The minimum absolute atomic E-state index is 0. The predicted octanol–water partition coefficient (Wildman–Crippen LogP) is 3.13. The van der Waals surface area contributed by atoms with Crippen LogP contribution < -0.4 is 11.1 Å². The Hall–Kier alpha value is -1.27. The van der Waals surface area contributed by atoms with E-state index in [2.05, 4.69) is 5.32 Å². The molecule has 1 amide bonds. The van der Waals surface area contributed by atoms with Crippen LogP contribution in [0.5, 0.6) is 0 Å². The van der Waals surface area contributed by atoms with Crippen LogP contribution in [-0.4, -0.2) is 18.0 Å². The first-order valence-corrected chi connectivity index (χ1v) is 6.56. The third kappa shape index (κ3) is 4.11. The summed E-state index contributed by atoms with van der Waals surface area (Å²) in [5, 5.41) is 2.81. The molecule has 118 valence electrons. The van der Waals surface area contributed by atoms with Crippen molar-refractivity contribution in [2.45, 2.75) is 37.4 Å². The standard InChI is InChI=1S/C14H17F3N2O.ClH/c15-14(16,17)11-5-3-4-10(8-11)12(20)19-13(9-18)6-1-2-7-13;/h3-5,8H,1-2,6-7,9,18H2,(H,19,20);1H. The van der Waals surface area contributed by atoms with E-state index < -0.39 is 23.2 Å². The molecule has 1 fully saturated rings. The molecule has 0 saturated heterocycles. The fourth-order valence-corrected chi connectivity index (χ4v) is 2.58. The zero-order valence-corrected chi connectivity index (χ0v) is 12.2. The summed E-state index contributed by atoms with van der Waals surface area (Å²) < 4.78 is 37.9. The van der Waals surface area contributed by atoms with Crippen LogP contribution in [0.2, 0.25) is 0 Å².